The highest BCUT2D eigenvalue weighted by Crippen LogP contribution is 2.28. The fourth-order valence-corrected chi connectivity index (χ4v) is 1.76. The van der Waals surface area contributed by atoms with Gasteiger partial charge in [0.05, 0.1) is 6.42 Å². The first-order valence-electron chi connectivity index (χ1n) is 4.98. The summed E-state index contributed by atoms with van der Waals surface area (Å²) in [6.45, 7) is 4.06. The van der Waals surface area contributed by atoms with E-state index in [0.29, 0.717) is 10.9 Å². The second-order valence-electron chi connectivity index (χ2n) is 4.00. The lowest BCUT2D eigenvalue weighted by Gasteiger charge is -2.19. The lowest BCUT2D eigenvalue weighted by atomic mass is 9.86. The smallest absolute Gasteiger partial charge is 0.303 e. The fraction of sp³-hybridized carbons (Fsp3) is 0.417. The Morgan fingerprint density at radius 2 is 1.87 bits per heavy atom. The summed E-state index contributed by atoms with van der Waals surface area (Å²) in [6, 6.07) is 7.40. The van der Waals surface area contributed by atoms with Gasteiger partial charge < -0.3 is 5.11 Å². The molecule has 1 N–H and O–H groups in total. The molecule has 0 amide bonds. The van der Waals surface area contributed by atoms with Crippen molar-refractivity contribution < 1.29 is 9.90 Å². The summed E-state index contributed by atoms with van der Waals surface area (Å²) in [6.07, 6.45) is 0.166. The van der Waals surface area contributed by atoms with Gasteiger partial charge in [-0.25, -0.2) is 0 Å². The van der Waals surface area contributed by atoms with Crippen molar-refractivity contribution >= 4 is 17.6 Å². The summed E-state index contributed by atoms with van der Waals surface area (Å²) in [7, 11) is 0. The first-order valence-corrected chi connectivity index (χ1v) is 5.35. The van der Waals surface area contributed by atoms with E-state index < -0.39 is 5.97 Å². The van der Waals surface area contributed by atoms with Crippen molar-refractivity contribution in [3.8, 4) is 0 Å². The Morgan fingerprint density at radius 1 is 1.33 bits per heavy atom. The Balaban J connectivity index is 2.88. The first-order chi connectivity index (χ1) is 7.00. The minimum atomic E-state index is -0.761. The molecule has 0 saturated carbocycles. The molecule has 0 spiro atoms. The van der Waals surface area contributed by atoms with Crippen LogP contribution in [0.2, 0.25) is 5.02 Å². The predicted octanol–water partition coefficient (Wildman–Crippen LogP) is 3.55. The van der Waals surface area contributed by atoms with Gasteiger partial charge >= 0.3 is 5.97 Å². The molecule has 15 heavy (non-hydrogen) atoms. The standard InChI is InChI=1S/C12H15ClO2/c1-8(2)11(7-12(14)15)9-3-5-10(13)6-4-9/h3-6,8,11H,7H2,1-2H3,(H,14,15). The summed E-state index contributed by atoms with van der Waals surface area (Å²) in [5, 5.41) is 9.50. The Hall–Kier alpha value is -1.02. The summed E-state index contributed by atoms with van der Waals surface area (Å²) < 4.78 is 0. The van der Waals surface area contributed by atoms with Gasteiger partial charge in [-0.1, -0.05) is 37.6 Å². The Labute approximate surface area is 94.9 Å². The minimum absolute atomic E-state index is 0.0553. The second-order valence-corrected chi connectivity index (χ2v) is 4.44. The molecular weight excluding hydrogens is 212 g/mol. The molecular formula is C12H15ClO2. The zero-order chi connectivity index (χ0) is 11.4. The van der Waals surface area contributed by atoms with Gasteiger partial charge in [-0.3, -0.25) is 4.79 Å². The largest absolute Gasteiger partial charge is 0.481 e. The highest BCUT2D eigenvalue weighted by Gasteiger charge is 2.18. The maximum absolute atomic E-state index is 10.7. The van der Waals surface area contributed by atoms with Crippen LogP contribution in [0.4, 0.5) is 0 Å². The number of carbonyl (C=O) groups is 1. The van der Waals surface area contributed by atoms with Crippen molar-refractivity contribution in [3.05, 3.63) is 34.9 Å². The number of hydrogen-bond donors (Lipinski definition) is 1. The average molecular weight is 227 g/mol. The van der Waals surface area contributed by atoms with E-state index in [-0.39, 0.29) is 12.3 Å². The summed E-state index contributed by atoms with van der Waals surface area (Å²) in [4.78, 5) is 10.7. The molecule has 1 aromatic rings. The number of carboxylic acid groups (broad SMARTS) is 1. The van der Waals surface area contributed by atoms with Crippen LogP contribution >= 0.6 is 11.6 Å². The van der Waals surface area contributed by atoms with Gasteiger partial charge in [-0.05, 0) is 29.5 Å². The molecule has 0 aromatic heterocycles. The third-order valence-corrected chi connectivity index (χ3v) is 2.75. The van der Waals surface area contributed by atoms with Gasteiger partial charge in [0, 0.05) is 5.02 Å². The number of benzene rings is 1. The number of hydrogen-bond acceptors (Lipinski definition) is 1. The molecule has 0 fully saturated rings. The molecule has 0 saturated heterocycles. The maximum Gasteiger partial charge on any atom is 0.303 e. The third-order valence-electron chi connectivity index (χ3n) is 2.50. The molecule has 0 aliphatic heterocycles. The second kappa shape index (κ2) is 5.17. The van der Waals surface area contributed by atoms with E-state index in [9.17, 15) is 4.79 Å². The van der Waals surface area contributed by atoms with Crippen LogP contribution in [0.3, 0.4) is 0 Å². The van der Waals surface area contributed by atoms with Crippen LogP contribution in [-0.2, 0) is 4.79 Å². The number of carboxylic acids is 1. The van der Waals surface area contributed by atoms with Crippen LogP contribution in [0.1, 0.15) is 31.7 Å². The molecule has 1 rings (SSSR count). The van der Waals surface area contributed by atoms with Crippen molar-refractivity contribution in [3.63, 3.8) is 0 Å². The van der Waals surface area contributed by atoms with Crippen molar-refractivity contribution in [2.24, 2.45) is 5.92 Å². The molecule has 0 radical (unpaired) electrons. The Morgan fingerprint density at radius 3 is 2.27 bits per heavy atom. The molecule has 1 atom stereocenters. The lowest BCUT2D eigenvalue weighted by Crippen LogP contribution is -2.12. The van der Waals surface area contributed by atoms with E-state index >= 15 is 0 Å². The maximum atomic E-state index is 10.7. The van der Waals surface area contributed by atoms with Crippen molar-refractivity contribution in [1.29, 1.82) is 0 Å². The van der Waals surface area contributed by atoms with Gasteiger partial charge in [0.25, 0.3) is 0 Å². The quantitative estimate of drug-likeness (QED) is 0.853. The number of halogens is 1. The predicted molar refractivity (Wildman–Crippen MR) is 61.3 cm³/mol. The van der Waals surface area contributed by atoms with E-state index in [1.165, 1.54) is 0 Å². The minimum Gasteiger partial charge on any atom is -0.481 e. The molecule has 0 aliphatic rings. The molecule has 1 unspecified atom stereocenters. The van der Waals surface area contributed by atoms with Crippen LogP contribution in [0, 0.1) is 5.92 Å². The normalized spacial score (nSPS) is 12.8. The molecule has 3 heteroatoms. The summed E-state index contributed by atoms with van der Waals surface area (Å²) >= 11 is 5.79. The summed E-state index contributed by atoms with van der Waals surface area (Å²) in [5.74, 6) is -0.398. The van der Waals surface area contributed by atoms with E-state index in [0.717, 1.165) is 5.56 Å². The van der Waals surface area contributed by atoms with Crippen LogP contribution < -0.4 is 0 Å². The SMILES string of the molecule is CC(C)C(CC(=O)O)c1ccc(Cl)cc1. The molecule has 1 aromatic carbocycles. The first kappa shape index (κ1) is 12.1. The van der Waals surface area contributed by atoms with Crippen LogP contribution in [-0.4, -0.2) is 11.1 Å². The zero-order valence-corrected chi connectivity index (χ0v) is 9.66. The van der Waals surface area contributed by atoms with Gasteiger partial charge in [0.2, 0.25) is 0 Å². The zero-order valence-electron chi connectivity index (χ0n) is 8.90. The number of rotatable bonds is 4. The molecule has 82 valence electrons. The Bertz CT molecular complexity index is 330. The topological polar surface area (TPSA) is 37.3 Å². The molecule has 0 bridgehead atoms. The van der Waals surface area contributed by atoms with Crippen molar-refractivity contribution in [1.82, 2.24) is 0 Å². The Kier molecular flexibility index (Phi) is 4.15. The molecule has 0 aliphatic carbocycles. The monoisotopic (exact) mass is 226 g/mol. The average Bonchev–Trinajstić information content (AvgIpc) is 2.15. The van der Waals surface area contributed by atoms with E-state index in [1.54, 1.807) is 12.1 Å². The van der Waals surface area contributed by atoms with E-state index in [1.807, 2.05) is 26.0 Å². The third kappa shape index (κ3) is 3.56. The van der Waals surface area contributed by atoms with E-state index in [4.69, 9.17) is 16.7 Å². The highest BCUT2D eigenvalue weighted by molar-refractivity contribution is 6.30. The van der Waals surface area contributed by atoms with Gasteiger partial charge in [-0.15, -0.1) is 0 Å². The van der Waals surface area contributed by atoms with Gasteiger partial charge in [0.15, 0.2) is 0 Å². The highest BCUT2D eigenvalue weighted by atomic mass is 35.5. The summed E-state index contributed by atoms with van der Waals surface area (Å²) in [5.41, 5.74) is 1.04. The number of aliphatic carboxylic acids is 1. The van der Waals surface area contributed by atoms with Crippen molar-refractivity contribution in [2.75, 3.05) is 0 Å². The van der Waals surface area contributed by atoms with E-state index in [2.05, 4.69) is 0 Å². The molecule has 2 nitrogen and oxygen atoms in total. The van der Waals surface area contributed by atoms with Gasteiger partial charge in [-0.2, -0.15) is 0 Å². The van der Waals surface area contributed by atoms with Crippen LogP contribution in [0.15, 0.2) is 24.3 Å². The van der Waals surface area contributed by atoms with Crippen molar-refractivity contribution in [2.45, 2.75) is 26.2 Å². The lowest BCUT2D eigenvalue weighted by molar-refractivity contribution is -0.137. The van der Waals surface area contributed by atoms with Crippen LogP contribution in [0.5, 0.6) is 0 Å². The molecule has 0 heterocycles. The van der Waals surface area contributed by atoms with Gasteiger partial charge in [0.1, 0.15) is 0 Å². The van der Waals surface area contributed by atoms with Crippen LogP contribution in [0.25, 0.3) is 0 Å². The fourth-order valence-electron chi connectivity index (χ4n) is 1.64.